The number of hydrogen-bond donors (Lipinski definition) is 2. The monoisotopic (exact) mass is 300 g/mol. The topological polar surface area (TPSA) is 87.7 Å². The quantitative estimate of drug-likeness (QED) is 0.844. The van der Waals surface area contributed by atoms with Gasteiger partial charge < -0.3 is 5.32 Å². The first-order valence-electron chi connectivity index (χ1n) is 7.29. The average Bonchev–Trinajstić information content (AvgIpc) is 2.52. The molecule has 2 aromatic heterocycles. The van der Waals surface area contributed by atoms with Gasteiger partial charge in [0.05, 0.1) is 5.69 Å². The van der Waals surface area contributed by atoms with E-state index in [2.05, 4.69) is 20.5 Å². The summed E-state index contributed by atoms with van der Waals surface area (Å²) >= 11 is 0. The molecule has 0 saturated carbocycles. The molecular weight excluding hydrogens is 280 g/mol. The van der Waals surface area contributed by atoms with Crippen molar-refractivity contribution in [2.75, 3.05) is 0 Å². The highest BCUT2D eigenvalue weighted by Gasteiger charge is 2.09. The summed E-state index contributed by atoms with van der Waals surface area (Å²) in [5.74, 6) is -0.0656. The van der Waals surface area contributed by atoms with Crippen molar-refractivity contribution in [1.82, 2.24) is 20.5 Å². The second-order valence-corrected chi connectivity index (χ2v) is 5.19. The van der Waals surface area contributed by atoms with Crippen LogP contribution in [0.4, 0.5) is 0 Å². The molecule has 0 atom stereocenters. The smallest absolute Gasteiger partial charge is 0.269 e. The van der Waals surface area contributed by atoms with E-state index in [1.165, 1.54) is 0 Å². The SMILES string of the molecule is Cc1n[nH]c(=O)c(CNC(=O)CCCc2ccccn2)c1C. The normalized spacial score (nSPS) is 10.5. The third kappa shape index (κ3) is 4.25. The molecule has 0 bridgehead atoms. The van der Waals surface area contributed by atoms with Gasteiger partial charge in [0, 0.05) is 30.4 Å². The summed E-state index contributed by atoms with van der Waals surface area (Å²) in [6.45, 7) is 3.89. The predicted molar refractivity (Wildman–Crippen MR) is 83.4 cm³/mol. The van der Waals surface area contributed by atoms with Crippen molar-refractivity contribution in [2.45, 2.75) is 39.7 Å². The number of aromatic amines is 1. The lowest BCUT2D eigenvalue weighted by atomic mass is 10.1. The Morgan fingerprint density at radius 3 is 2.86 bits per heavy atom. The second-order valence-electron chi connectivity index (χ2n) is 5.19. The van der Waals surface area contributed by atoms with Crippen LogP contribution in [0, 0.1) is 13.8 Å². The number of rotatable bonds is 6. The van der Waals surface area contributed by atoms with Crippen molar-refractivity contribution in [1.29, 1.82) is 0 Å². The van der Waals surface area contributed by atoms with Gasteiger partial charge in [0.15, 0.2) is 0 Å². The van der Waals surface area contributed by atoms with E-state index in [4.69, 9.17) is 0 Å². The molecule has 0 radical (unpaired) electrons. The van der Waals surface area contributed by atoms with E-state index < -0.39 is 0 Å². The van der Waals surface area contributed by atoms with Gasteiger partial charge in [0.1, 0.15) is 0 Å². The van der Waals surface area contributed by atoms with Gasteiger partial charge in [-0.1, -0.05) is 6.07 Å². The lowest BCUT2D eigenvalue weighted by Crippen LogP contribution is -2.28. The Balaban J connectivity index is 1.81. The van der Waals surface area contributed by atoms with Crippen LogP contribution in [0.1, 0.15) is 35.4 Å². The standard InChI is InChI=1S/C16H20N4O2/c1-11-12(2)19-20-16(22)14(11)10-18-15(21)8-5-7-13-6-3-4-9-17-13/h3-4,6,9H,5,7-8,10H2,1-2H3,(H,18,21)(H,20,22). The Bertz CT molecular complexity index is 695. The summed E-state index contributed by atoms with van der Waals surface area (Å²) < 4.78 is 0. The average molecular weight is 300 g/mol. The number of aromatic nitrogens is 3. The first kappa shape index (κ1) is 15.9. The van der Waals surface area contributed by atoms with Crippen LogP contribution in [0.3, 0.4) is 0 Å². The third-order valence-corrected chi connectivity index (χ3v) is 3.62. The zero-order chi connectivity index (χ0) is 15.9. The van der Waals surface area contributed by atoms with E-state index >= 15 is 0 Å². The largest absolute Gasteiger partial charge is 0.352 e. The van der Waals surface area contributed by atoms with Crippen molar-refractivity contribution in [3.05, 3.63) is 57.3 Å². The van der Waals surface area contributed by atoms with Crippen LogP contribution < -0.4 is 10.9 Å². The van der Waals surface area contributed by atoms with Gasteiger partial charge in [-0.05, 0) is 44.4 Å². The molecule has 6 heteroatoms. The van der Waals surface area contributed by atoms with Crippen LogP contribution in [-0.2, 0) is 17.8 Å². The number of nitrogens with zero attached hydrogens (tertiary/aromatic N) is 2. The number of amides is 1. The Kier molecular flexibility index (Phi) is 5.41. The van der Waals surface area contributed by atoms with E-state index in [0.29, 0.717) is 12.0 Å². The number of nitrogens with one attached hydrogen (secondary N) is 2. The second kappa shape index (κ2) is 7.49. The van der Waals surface area contributed by atoms with Gasteiger partial charge in [0.25, 0.3) is 5.56 Å². The molecule has 116 valence electrons. The molecule has 22 heavy (non-hydrogen) atoms. The summed E-state index contributed by atoms with van der Waals surface area (Å²) in [7, 11) is 0. The van der Waals surface area contributed by atoms with E-state index in [-0.39, 0.29) is 18.0 Å². The van der Waals surface area contributed by atoms with Gasteiger partial charge in [-0.3, -0.25) is 14.6 Å². The van der Waals surface area contributed by atoms with Gasteiger partial charge in [-0.2, -0.15) is 5.10 Å². The molecule has 2 N–H and O–H groups in total. The molecule has 2 heterocycles. The minimum atomic E-state index is -0.253. The van der Waals surface area contributed by atoms with Gasteiger partial charge >= 0.3 is 0 Å². The minimum absolute atomic E-state index is 0.0656. The number of H-pyrrole nitrogens is 1. The maximum Gasteiger partial charge on any atom is 0.269 e. The number of aryl methyl sites for hydroxylation is 2. The van der Waals surface area contributed by atoms with Crippen LogP contribution >= 0.6 is 0 Å². The van der Waals surface area contributed by atoms with Crippen molar-refractivity contribution >= 4 is 5.91 Å². The van der Waals surface area contributed by atoms with Gasteiger partial charge in [-0.25, -0.2) is 5.10 Å². The fourth-order valence-corrected chi connectivity index (χ4v) is 2.14. The fraction of sp³-hybridized carbons (Fsp3) is 0.375. The lowest BCUT2D eigenvalue weighted by Gasteiger charge is -2.08. The Labute approximate surface area is 129 Å². The summed E-state index contributed by atoms with van der Waals surface area (Å²) in [5.41, 5.74) is 2.87. The first-order chi connectivity index (χ1) is 10.6. The number of carbonyl (C=O) groups is 1. The molecule has 1 amide bonds. The van der Waals surface area contributed by atoms with E-state index in [9.17, 15) is 9.59 Å². The van der Waals surface area contributed by atoms with Crippen LogP contribution in [0.25, 0.3) is 0 Å². The number of pyridine rings is 1. The highest BCUT2D eigenvalue weighted by molar-refractivity contribution is 5.75. The molecule has 0 aliphatic rings. The lowest BCUT2D eigenvalue weighted by molar-refractivity contribution is -0.121. The molecule has 0 spiro atoms. The summed E-state index contributed by atoms with van der Waals surface area (Å²) in [5, 5.41) is 9.11. The molecule has 0 aromatic carbocycles. The van der Waals surface area contributed by atoms with E-state index in [1.807, 2.05) is 32.0 Å². The highest BCUT2D eigenvalue weighted by atomic mass is 16.1. The molecule has 6 nitrogen and oxygen atoms in total. The molecule has 0 fully saturated rings. The Morgan fingerprint density at radius 2 is 2.14 bits per heavy atom. The van der Waals surface area contributed by atoms with Crippen LogP contribution in [-0.4, -0.2) is 21.1 Å². The fourth-order valence-electron chi connectivity index (χ4n) is 2.14. The molecule has 0 saturated heterocycles. The summed E-state index contributed by atoms with van der Waals surface area (Å²) in [6.07, 6.45) is 3.66. The maximum atomic E-state index is 11.9. The number of carbonyl (C=O) groups excluding carboxylic acids is 1. The van der Waals surface area contributed by atoms with Crippen LogP contribution in [0.15, 0.2) is 29.2 Å². The Hall–Kier alpha value is -2.50. The predicted octanol–water partition coefficient (Wildman–Crippen LogP) is 1.42. The molecular formula is C16H20N4O2. The van der Waals surface area contributed by atoms with Crippen LogP contribution in [0.2, 0.25) is 0 Å². The van der Waals surface area contributed by atoms with Crippen molar-refractivity contribution < 1.29 is 4.79 Å². The highest BCUT2D eigenvalue weighted by Crippen LogP contribution is 2.05. The van der Waals surface area contributed by atoms with E-state index in [1.54, 1.807) is 6.20 Å². The van der Waals surface area contributed by atoms with Crippen LogP contribution in [0.5, 0.6) is 0 Å². The molecule has 2 aromatic rings. The van der Waals surface area contributed by atoms with Crippen molar-refractivity contribution in [3.8, 4) is 0 Å². The maximum absolute atomic E-state index is 11.9. The summed E-state index contributed by atoms with van der Waals surface area (Å²) in [6, 6.07) is 5.75. The van der Waals surface area contributed by atoms with Gasteiger partial charge in [-0.15, -0.1) is 0 Å². The zero-order valence-electron chi connectivity index (χ0n) is 12.8. The molecule has 0 aliphatic heterocycles. The van der Waals surface area contributed by atoms with E-state index in [0.717, 1.165) is 29.8 Å². The molecule has 0 aliphatic carbocycles. The summed E-state index contributed by atoms with van der Waals surface area (Å²) in [4.78, 5) is 27.8. The van der Waals surface area contributed by atoms with Crippen molar-refractivity contribution in [2.24, 2.45) is 0 Å². The van der Waals surface area contributed by atoms with Crippen molar-refractivity contribution in [3.63, 3.8) is 0 Å². The molecule has 0 unspecified atom stereocenters. The Morgan fingerprint density at radius 1 is 1.32 bits per heavy atom. The molecule has 2 rings (SSSR count). The number of hydrogen-bond acceptors (Lipinski definition) is 4. The minimum Gasteiger partial charge on any atom is -0.352 e. The first-order valence-corrected chi connectivity index (χ1v) is 7.29. The third-order valence-electron chi connectivity index (χ3n) is 3.62. The zero-order valence-corrected chi connectivity index (χ0v) is 12.8. The van der Waals surface area contributed by atoms with Gasteiger partial charge in [0.2, 0.25) is 5.91 Å².